The van der Waals surface area contributed by atoms with Gasteiger partial charge in [0, 0.05) is 10.5 Å². The first-order valence-electron chi connectivity index (χ1n) is 6.77. The number of hydrogen-bond acceptors (Lipinski definition) is 4. The molecule has 0 unspecified atom stereocenters. The number of nitrogens with zero attached hydrogens (tertiary/aromatic N) is 1. The van der Waals surface area contributed by atoms with Crippen LogP contribution < -0.4 is 0 Å². The molecule has 116 valence electrons. The van der Waals surface area contributed by atoms with E-state index in [1.54, 1.807) is 48.5 Å². The monoisotopic (exact) mass is 375 g/mol. The SMILES string of the molecule is O=C(OCc1cc(-c2ccccc2F)on1)c1ccccc1Br. The highest BCUT2D eigenvalue weighted by Crippen LogP contribution is 2.24. The van der Waals surface area contributed by atoms with Gasteiger partial charge in [0.05, 0.1) is 11.1 Å². The maximum atomic E-state index is 13.7. The third-order valence-corrected chi connectivity index (χ3v) is 3.83. The van der Waals surface area contributed by atoms with Gasteiger partial charge < -0.3 is 9.26 Å². The molecule has 1 aromatic heterocycles. The van der Waals surface area contributed by atoms with Crippen molar-refractivity contribution in [1.29, 1.82) is 0 Å². The molecule has 0 aliphatic rings. The molecule has 0 spiro atoms. The van der Waals surface area contributed by atoms with Crippen LogP contribution in [-0.4, -0.2) is 11.1 Å². The van der Waals surface area contributed by atoms with Crippen molar-refractivity contribution in [2.24, 2.45) is 0 Å². The number of halogens is 2. The van der Waals surface area contributed by atoms with E-state index >= 15 is 0 Å². The van der Waals surface area contributed by atoms with Crippen LogP contribution in [0, 0.1) is 5.82 Å². The Labute approximate surface area is 140 Å². The van der Waals surface area contributed by atoms with Crippen molar-refractivity contribution in [3.63, 3.8) is 0 Å². The Hall–Kier alpha value is -2.47. The maximum Gasteiger partial charge on any atom is 0.339 e. The van der Waals surface area contributed by atoms with Crippen LogP contribution in [-0.2, 0) is 11.3 Å². The molecule has 0 aliphatic carbocycles. The van der Waals surface area contributed by atoms with E-state index in [4.69, 9.17) is 9.26 Å². The molecule has 0 saturated carbocycles. The van der Waals surface area contributed by atoms with Crippen LogP contribution >= 0.6 is 15.9 Å². The number of esters is 1. The lowest BCUT2D eigenvalue weighted by Crippen LogP contribution is -2.06. The molecule has 0 saturated heterocycles. The molecule has 0 amide bonds. The molecule has 0 N–H and O–H groups in total. The van der Waals surface area contributed by atoms with Gasteiger partial charge in [0.2, 0.25) is 0 Å². The molecular formula is C17H11BrFNO3. The van der Waals surface area contributed by atoms with Crippen LogP contribution in [0.1, 0.15) is 16.1 Å². The summed E-state index contributed by atoms with van der Waals surface area (Å²) >= 11 is 3.29. The Balaban J connectivity index is 1.70. The quantitative estimate of drug-likeness (QED) is 0.625. The lowest BCUT2D eigenvalue weighted by molar-refractivity contribution is 0.0463. The predicted molar refractivity (Wildman–Crippen MR) is 85.2 cm³/mol. The van der Waals surface area contributed by atoms with Crippen molar-refractivity contribution < 1.29 is 18.4 Å². The molecule has 0 aliphatic heterocycles. The lowest BCUT2D eigenvalue weighted by atomic mass is 10.1. The molecule has 0 fully saturated rings. The smallest absolute Gasteiger partial charge is 0.339 e. The molecule has 0 atom stereocenters. The van der Waals surface area contributed by atoms with E-state index < -0.39 is 11.8 Å². The van der Waals surface area contributed by atoms with E-state index in [0.717, 1.165) is 0 Å². The van der Waals surface area contributed by atoms with Gasteiger partial charge in [-0.3, -0.25) is 0 Å². The van der Waals surface area contributed by atoms with Gasteiger partial charge in [-0.2, -0.15) is 0 Å². The molecule has 0 bridgehead atoms. The Kier molecular flexibility index (Phi) is 4.52. The van der Waals surface area contributed by atoms with Crippen LogP contribution in [0.25, 0.3) is 11.3 Å². The van der Waals surface area contributed by atoms with Gasteiger partial charge in [-0.1, -0.05) is 29.4 Å². The summed E-state index contributed by atoms with van der Waals surface area (Å²) in [5, 5.41) is 3.79. The second kappa shape index (κ2) is 6.75. The number of hydrogen-bond donors (Lipinski definition) is 0. The van der Waals surface area contributed by atoms with E-state index in [2.05, 4.69) is 21.1 Å². The highest BCUT2D eigenvalue weighted by molar-refractivity contribution is 9.10. The number of rotatable bonds is 4. The summed E-state index contributed by atoms with van der Waals surface area (Å²) in [7, 11) is 0. The van der Waals surface area contributed by atoms with Crippen molar-refractivity contribution in [3.8, 4) is 11.3 Å². The van der Waals surface area contributed by atoms with Gasteiger partial charge in [-0.15, -0.1) is 0 Å². The highest BCUT2D eigenvalue weighted by atomic mass is 79.9. The molecule has 4 nitrogen and oxygen atoms in total. The summed E-state index contributed by atoms with van der Waals surface area (Å²) in [5.74, 6) is -0.594. The van der Waals surface area contributed by atoms with Crippen LogP contribution in [0.5, 0.6) is 0 Å². The van der Waals surface area contributed by atoms with Crippen molar-refractivity contribution in [1.82, 2.24) is 5.16 Å². The first kappa shape index (κ1) is 15.4. The zero-order valence-electron chi connectivity index (χ0n) is 11.8. The van der Waals surface area contributed by atoms with Crippen molar-refractivity contribution in [2.75, 3.05) is 0 Å². The summed E-state index contributed by atoms with van der Waals surface area (Å²) in [6, 6.07) is 14.7. The van der Waals surface area contributed by atoms with E-state index in [1.807, 2.05) is 0 Å². The molecule has 1 heterocycles. The minimum Gasteiger partial charge on any atom is -0.455 e. The van der Waals surface area contributed by atoms with Gasteiger partial charge >= 0.3 is 5.97 Å². The van der Waals surface area contributed by atoms with Crippen molar-refractivity contribution in [3.05, 3.63) is 76.1 Å². The zero-order chi connectivity index (χ0) is 16.2. The number of ether oxygens (including phenoxy) is 1. The van der Waals surface area contributed by atoms with Gasteiger partial charge in [-0.25, -0.2) is 9.18 Å². The molecule has 0 radical (unpaired) electrons. The molecule has 23 heavy (non-hydrogen) atoms. The maximum absolute atomic E-state index is 13.7. The number of benzene rings is 2. The minimum atomic E-state index is -0.479. The van der Waals surface area contributed by atoms with Crippen molar-refractivity contribution >= 4 is 21.9 Å². The zero-order valence-corrected chi connectivity index (χ0v) is 13.4. The van der Waals surface area contributed by atoms with Crippen LogP contribution in [0.4, 0.5) is 4.39 Å². The minimum absolute atomic E-state index is 0.0574. The predicted octanol–water partition coefficient (Wildman–Crippen LogP) is 4.60. The summed E-state index contributed by atoms with van der Waals surface area (Å²) in [6.07, 6.45) is 0. The number of carbonyl (C=O) groups excluding carboxylic acids is 1. The van der Waals surface area contributed by atoms with Gasteiger partial charge in [-0.05, 0) is 40.2 Å². The summed E-state index contributed by atoms with van der Waals surface area (Å²) in [4.78, 5) is 12.0. The standard InChI is InChI=1S/C17H11BrFNO3/c18-14-7-3-1-5-12(14)17(21)22-10-11-9-16(23-20-11)13-6-2-4-8-15(13)19/h1-9H,10H2. The van der Waals surface area contributed by atoms with Crippen LogP contribution in [0.3, 0.4) is 0 Å². The summed E-state index contributed by atoms with van der Waals surface area (Å²) in [5.41, 5.74) is 1.14. The van der Waals surface area contributed by atoms with Gasteiger partial charge in [0.1, 0.15) is 18.1 Å². The molecule has 6 heteroatoms. The molecular weight excluding hydrogens is 365 g/mol. The van der Waals surface area contributed by atoms with E-state index in [9.17, 15) is 9.18 Å². The Bertz CT molecular complexity index is 847. The highest BCUT2D eigenvalue weighted by Gasteiger charge is 2.14. The van der Waals surface area contributed by atoms with Gasteiger partial charge in [0.25, 0.3) is 0 Å². The van der Waals surface area contributed by atoms with E-state index in [-0.39, 0.29) is 12.4 Å². The fourth-order valence-electron chi connectivity index (χ4n) is 2.01. The fourth-order valence-corrected chi connectivity index (χ4v) is 2.46. The average molecular weight is 376 g/mol. The fraction of sp³-hybridized carbons (Fsp3) is 0.0588. The molecule has 3 aromatic rings. The Morgan fingerprint density at radius 2 is 1.91 bits per heavy atom. The number of carbonyl (C=O) groups is 1. The number of aromatic nitrogens is 1. The molecule has 3 rings (SSSR count). The molecule has 2 aromatic carbocycles. The second-order valence-electron chi connectivity index (χ2n) is 4.72. The summed E-state index contributed by atoms with van der Waals surface area (Å²) in [6.45, 7) is -0.0574. The normalized spacial score (nSPS) is 10.5. The van der Waals surface area contributed by atoms with Crippen LogP contribution in [0.2, 0.25) is 0 Å². The van der Waals surface area contributed by atoms with Gasteiger partial charge in [0.15, 0.2) is 5.76 Å². The third-order valence-electron chi connectivity index (χ3n) is 3.14. The largest absolute Gasteiger partial charge is 0.455 e. The average Bonchev–Trinajstić information content (AvgIpc) is 3.02. The first-order chi connectivity index (χ1) is 11.1. The van der Waals surface area contributed by atoms with E-state index in [1.165, 1.54) is 6.07 Å². The Morgan fingerprint density at radius 3 is 2.70 bits per heavy atom. The first-order valence-corrected chi connectivity index (χ1v) is 7.56. The van der Waals surface area contributed by atoms with Crippen molar-refractivity contribution in [2.45, 2.75) is 6.61 Å². The van der Waals surface area contributed by atoms with E-state index in [0.29, 0.717) is 21.3 Å². The Morgan fingerprint density at radius 1 is 1.17 bits per heavy atom. The summed E-state index contributed by atoms with van der Waals surface area (Å²) < 4.78 is 24.6. The second-order valence-corrected chi connectivity index (χ2v) is 5.57. The third kappa shape index (κ3) is 3.48. The lowest BCUT2D eigenvalue weighted by Gasteiger charge is -2.03. The topological polar surface area (TPSA) is 52.3 Å². The van der Waals surface area contributed by atoms with Crippen LogP contribution in [0.15, 0.2) is 63.6 Å².